The average Bonchev–Trinajstić information content (AvgIpc) is 2.97. The fourth-order valence-electron chi connectivity index (χ4n) is 2.69. The van der Waals surface area contributed by atoms with Gasteiger partial charge in [-0.05, 0) is 31.0 Å². The first kappa shape index (κ1) is 17.9. The largest absolute Gasteiger partial charge is 0.491 e. The van der Waals surface area contributed by atoms with Gasteiger partial charge in [0.15, 0.2) is 5.69 Å². The average molecular weight is 358 g/mol. The number of benzene rings is 1. The monoisotopic (exact) mass is 358 g/mol. The molecule has 8 heteroatoms. The second kappa shape index (κ2) is 7.57. The predicted octanol–water partition coefficient (Wildman–Crippen LogP) is 0.413. The molecule has 2 heterocycles. The second-order valence-electron chi connectivity index (χ2n) is 6.33. The van der Waals surface area contributed by atoms with Crippen LogP contribution in [0.15, 0.2) is 24.3 Å². The molecule has 26 heavy (non-hydrogen) atoms. The van der Waals surface area contributed by atoms with E-state index in [1.165, 1.54) is 10.7 Å². The van der Waals surface area contributed by atoms with Crippen LogP contribution in [0.2, 0.25) is 0 Å². The van der Waals surface area contributed by atoms with E-state index in [1.54, 1.807) is 0 Å². The fourth-order valence-corrected chi connectivity index (χ4v) is 2.69. The van der Waals surface area contributed by atoms with Gasteiger partial charge in [0, 0.05) is 12.6 Å². The minimum atomic E-state index is -0.734. The Labute approximate surface area is 151 Å². The Morgan fingerprint density at radius 1 is 1.42 bits per heavy atom. The van der Waals surface area contributed by atoms with Crippen molar-refractivity contribution in [1.29, 1.82) is 0 Å². The molecule has 1 atom stereocenters. The van der Waals surface area contributed by atoms with Crippen molar-refractivity contribution in [3.05, 3.63) is 46.8 Å². The predicted molar refractivity (Wildman–Crippen MR) is 94.3 cm³/mol. The van der Waals surface area contributed by atoms with Gasteiger partial charge in [-0.2, -0.15) is 5.10 Å². The first-order valence-corrected chi connectivity index (χ1v) is 8.46. The van der Waals surface area contributed by atoms with E-state index >= 15 is 0 Å². The van der Waals surface area contributed by atoms with E-state index in [0.29, 0.717) is 13.2 Å². The van der Waals surface area contributed by atoms with Crippen molar-refractivity contribution >= 4 is 11.8 Å². The van der Waals surface area contributed by atoms with Gasteiger partial charge < -0.3 is 20.5 Å². The van der Waals surface area contributed by atoms with Crippen LogP contribution in [-0.4, -0.2) is 52.5 Å². The third kappa shape index (κ3) is 4.02. The van der Waals surface area contributed by atoms with E-state index in [4.69, 9.17) is 4.74 Å². The highest BCUT2D eigenvalue weighted by Crippen LogP contribution is 2.18. The summed E-state index contributed by atoms with van der Waals surface area (Å²) in [5, 5.41) is 19.2. The van der Waals surface area contributed by atoms with E-state index in [9.17, 15) is 14.7 Å². The summed E-state index contributed by atoms with van der Waals surface area (Å²) >= 11 is 0. The second-order valence-corrected chi connectivity index (χ2v) is 6.33. The van der Waals surface area contributed by atoms with E-state index < -0.39 is 12.0 Å². The number of hydrogen-bond donors (Lipinski definition) is 3. The molecule has 1 aliphatic rings. The van der Waals surface area contributed by atoms with Gasteiger partial charge in [0.25, 0.3) is 11.8 Å². The van der Waals surface area contributed by atoms with Crippen molar-refractivity contribution in [2.75, 3.05) is 19.7 Å². The van der Waals surface area contributed by atoms with Crippen LogP contribution in [0.5, 0.6) is 5.75 Å². The number of ether oxygens (including phenoxy) is 1. The van der Waals surface area contributed by atoms with Crippen LogP contribution in [0.1, 0.15) is 32.1 Å². The quantitative estimate of drug-likeness (QED) is 0.672. The topological polar surface area (TPSA) is 105 Å². The number of nitrogens with one attached hydrogen (secondary N) is 2. The molecular formula is C18H22N4O4. The van der Waals surface area contributed by atoms with Crippen molar-refractivity contribution in [2.45, 2.75) is 26.5 Å². The van der Waals surface area contributed by atoms with Gasteiger partial charge in [0.1, 0.15) is 18.1 Å². The molecule has 1 aliphatic heterocycles. The third-order valence-electron chi connectivity index (χ3n) is 4.12. The summed E-state index contributed by atoms with van der Waals surface area (Å²) in [6.07, 6.45) is -0.734. The molecule has 1 aromatic heterocycles. The number of carbonyl (C=O) groups excluding carboxylic acids is 2. The molecule has 0 saturated carbocycles. The number of aromatic nitrogens is 2. The summed E-state index contributed by atoms with van der Waals surface area (Å²) in [6, 6.07) is 7.38. The van der Waals surface area contributed by atoms with Gasteiger partial charge in [0.05, 0.1) is 19.2 Å². The lowest BCUT2D eigenvalue weighted by Gasteiger charge is -2.10. The molecule has 0 fully saturated rings. The van der Waals surface area contributed by atoms with Crippen molar-refractivity contribution in [1.82, 2.24) is 20.4 Å². The minimum absolute atomic E-state index is 0.135. The SMILES string of the molecule is Cc1ccc(C)c(OCCNC(=O)c2cc3n(n2)CC(O)CNC3=O)c1. The maximum atomic E-state index is 12.2. The van der Waals surface area contributed by atoms with Crippen LogP contribution in [0.3, 0.4) is 0 Å². The molecule has 138 valence electrons. The van der Waals surface area contributed by atoms with E-state index in [2.05, 4.69) is 15.7 Å². The standard InChI is InChI=1S/C18H22N4O4/c1-11-3-4-12(2)16(7-11)26-6-5-19-17(24)14-8-15-18(25)20-9-13(23)10-22(15)21-14/h3-4,7-8,13,23H,5-6,9-10H2,1-2H3,(H,19,24)(H,20,25). The molecule has 0 bridgehead atoms. The molecule has 0 radical (unpaired) electrons. The summed E-state index contributed by atoms with van der Waals surface area (Å²) in [7, 11) is 0. The maximum absolute atomic E-state index is 12.2. The molecule has 3 rings (SSSR count). The number of nitrogens with zero attached hydrogens (tertiary/aromatic N) is 2. The first-order valence-electron chi connectivity index (χ1n) is 8.46. The highest BCUT2D eigenvalue weighted by atomic mass is 16.5. The van der Waals surface area contributed by atoms with Crippen molar-refractivity contribution in [3.8, 4) is 5.75 Å². The van der Waals surface area contributed by atoms with Crippen LogP contribution in [0, 0.1) is 13.8 Å². The van der Waals surface area contributed by atoms with Crippen LogP contribution in [0.25, 0.3) is 0 Å². The number of amides is 2. The van der Waals surface area contributed by atoms with Gasteiger partial charge >= 0.3 is 0 Å². The zero-order valence-corrected chi connectivity index (χ0v) is 14.8. The summed E-state index contributed by atoms with van der Waals surface area (Å²) in [5.41, 5.74) is 2.54. The van der Waals surface area contributed by atoms with Crippen molar-refractivity contribution in [3.63, 3.8) is 0 Å². The molecule has 1 unspecified atom stereocenters. The van der Waals surface area contributed by atoms with E-state index in [0.717, 1.165) is 16.9 Å². The summed E-state index contributed by atoms with van der Waals surface area (Å²) in [4.78, 5) is 24.2. The third-order valence-corrected chi connectivity index (χ3v) is 4.12. The Bertz CT molecular complexity index is 831. The molecule has 3 N–H and O–H groups in total. The number of β-amino-alcohol motifs (C(OH)–C–C–N with tert-alkyl or cyclic N) is 1. The smallest absolute Gasteiger partial charge is 0.271 e. The van der Waals surface area contributed by atoms with Gasteiger partial charge in [-0.25, -0.2) is 0 Å². The molecular weight excluding hydrogens is 336 g/mol. The van der Waals surface area contributed by atoms with E-state index in [1.807, 2.05) is 32.0 Å². The highest BCUT2D eigenvalue weighted by molar-refractivity contribution is 5.98. The number of aryl methyl sites for hydroxylation is 2. The number of carbonyl (C=O) groups is 2. The summed E-state index contributed by atoms with van der Waals surface area (Å²) < 4.78 is 7.05. The Morgan fingerprint density at radius 2 is 2.23 bits per heavy atom. The zero-order chi connectivity index (χ0) is 18.7. The zero-order valence-electron chi connectivity index (χ0n) is 14.8. The molecule has 8 nitrogen and oxygen atoms in total. The first-order chi connectivity index (χ1) is 12.4. The summed E-state index contributed by atoms with van der Waals surface area (Å²) in [6.45, 7) is 4.91. The highest BCUT2D eigenvalue weighted by Gasteiger charge is 2.24. The molecule has 0 aliphatic carbocycles. The number of aliphatic hydroxyl groups excluding tert-OH is 1. The van der Waals surface area contributed by atoms with E-state index in [-0.39, 0.29) is 30.4 Å². The lowest BCUT2D eigenvalue weighted by atomic mass is 10.1. The van der Waals surface area contributed by atoms with Crippen molar-refractivity contribution in [2.24, 2.45) is 0 Å². The Hall–Kier alpha value is -2.87. The molecule has 0 saturated heterocycles. The lowest BCUT2D eigenvalue weighted by Crippen LogP contribution is -2.30. The Kier molecular flexibility index (Phi) is 5.22. The van der Waals surface area contributed by atoms with Crippen LogP contribution in [0.4, 0.5) is 0 Å². The number of aliphatic hydroxyl groups is 1. The normalized spacial score (nSPS) is 16.4. The fraction of sp³-hybridized carbons (Fsp3) is 0.389. The van der Waals surface area contributed by atoms with Gasteiger partial charge in [0.2, 0.25) is 0 Å². The molecule has 0 spiro atoms. The Balaban J connectivity index is 1.56. The maximum Gasteiger partial charge on any atom is 0.271 e. The number of fused-ring (bicyclic) bond motifs is 1. The Morgan fingerprint density at radius 3 is 3.04 bits per heavy atom. The van der Waals surface area contributed by atoms with Crippen molar-refractivity contribution < 1.29 is 19.4 Å². The minimum Gasteiger partial charge on any atom is -0.491 e. The molecule has 2 aromatic rings. The number of hydrogen-bond acceptors (Lipinski definition) is 5. The molecule has 1 aromatic carbocycles. The summed E-state index contributed by atoms with van der Waals surface area (Å²) in [5.74, 6) is 0.0439. The molecule has 2 amide bonds. The van der Waals surface area contributed by atoms with Gasteiger partial charge in [-0.3, -0.25) is 14.3 Å². The van der Waals surface area contributed by atoms with Crippen LogP contribution < -0.4 is 15.4 Å². The lowest BCUT2D eigenvalue weighted by molar-refractivity contribution is 0.0931. The van der Waals surface area contributed by atoms with Crippen LogP contribution in [-0.2, 0) is 6.54 Å². The van der Waals surface area contributed by atoms with Gasteiger partial charge in [-0.15, -0.1) is 0 Å². The number of rotatable bonds is 5. The van der Waals surface area contributed by atoms with Crippen LogP contribution >= 0.6 is 0 Å². The van der Waals surface area contributed by atoms with Gasteiger partial charge in [-0.1, -0.05) is 12.1 Å².